The predicted molar refractivity (Wildman–Crippen MR) is 80.4 cm³/mol. The van der Waals surface area contributed by atoms with E-state index < -0.39 is 0 Å². The molecule has 108 valence electrons. The highest BCUT2D eigenvalue weighted by molar-refractivity contribution is 6.30. The molecule has 0 saturated heterocycles. The molecule has 0 unspecified atom stereocenters. The van der Waals surface area contributed by atoms with Crippen molar-refractivity contribution in [1.29, 1.82) is 0 Å². The Bertz CT molecular complexity index is 396. The molecule has 19 heavy (non-hydrogen) atoms. The molecule has 0 spiro atoms. The molecular weight excluding hydrogens is 262 g/mol. The minimum Gasteiger partial charge on any atom is -0.493 e. The van der Waals surface area contributed by atoms with Crippen molar-refractivity contribution in [1.82, 2.24) is 5.32 Å². The molecule has 1 rings (SSSR count). The highest BCUT2D eigenvalue weighted by Crippen LogP contribution is 2.34. The lowest BCUT2D eigenvalue weighted by Gasteiger charge is -2.17. The van der Waals surface area contributed by atoms with E-state index in [1.54, 1.807) is 13.2 Å². The summed E-state index contributed by atoms with van der Waals surface area (Å²) in [7, 11) is 1.64. The first-order valence-corrected chi connectivity index (χ1v) is 7.22. The van der Waals surface area contributed by atoms with Gasteiger partial charge in [-0.05, 0) is 25.8 Å². The van der Waals surface area contributed by atoms with Gasteiger partial charge < -0.3 is 14.8 Å². The highest BCUT2D eigenvalue weighted by atomic mass is 35.5. The first kappa shape index (κ1) is 16.1. The van der Waals surface area contributed by atoms with E-state index in [0.29, 0.717) is 23.4 Å². The van der Waals surface area contributed by atoms with Gasteiger partial charge in [-0.3, -0.25) is 0 Å². The van der Waals surface area contributed by atoms with Crippen LogP contribution >= 0.6 is 11.6 Å². The maximum atomic E-state index is 6.12. The molecule has 0 aromatic heterocycles. The topological polar surface area (TPSA) is 30.5 Å². The predicted octanol–water partition coefficient (Wildman–Crippen LogP) is 4.03. The summed E-state index contributed by atoms with van der Waals surface area (Å²) in [6, 6.07) is 4.19. The molecule has 1 N–H and O–H groups in total. The molecule has 4 heteroatoms. The molecular formula is C15H24ClNO2. The third-order valence-electron chi connectivity index (χ3n) is 3.02. The van der Waals surface area contributed by atoms with Crippen LogP contribution in [-0.2, 0) is 6.54 Å². The minimum absolute atomic E-state index is 0.462. The van der Waals surface area contributed by atoms with Crippen molar-refractivity contribution in [3.63, 3.8) is 0 Å². The summed E-state index contributed by atoms with van der Waals surface area (Å²) < 4.78 is 11.2. The minimum atomic E-state index is 0.462. The van der Waals surface area contributed by atoms with E-state index in [1.165, 1.54) is 0 Å². The number of methoxy groups -OCH3 is 1. The number of rotatable bonds is 8. The van der Waals surface area contributed by atoms with Gasteiger partial charge in [-0.1, -0.05) is 25.4 Å². The molecule has 0 bridgehead atoms. The second-order valence-electron chi connectivity index (χ2n) is 4.63. The number of benzene rings is 1. The van der Waals surface area contributed by atoms with Crippen LogP contribution in [0.25, 0.3) is 0 Å². The molecule has 1 atom stereocenters. The van der Waals surface area contributed by atoms with Gasteiger partial charge in [0, 0.05) is 29.2 Å². The Hall–Kier alpha value is -0.930. The van der Waals surface area contributed by atoms with E-state index in [1.807, 2.05) is 6.07 Å². The van der Waals surface area contributed by atoms with Crippen molar-refractivity contribution in [3.05, 3.63) is 22.7 Å². The summed E-state index contributed by atoms with van der Waals surface area (Å²) in [5, 5.41) is 4.12. The highest BCUT2D eigenvalue weighted by Gasteiger charge is 2.13. The van der Waals surface area contributed by atoms with Gasteiger partial charge in [0.15, 0.2) is 11.5 Å². The van der Waals surface area contributed by atoms with Crippen LogP contribution in [0.3, 0.4) is 0 Å². The smallest absolute Gasteiger partial charge is 0.165 e. The normalized spacial score (nSPS) is 12.3. The van der Waals surface area contributed by atoms with E-state index in [9.17, 15) is 0 Å². The number of ether oxygens (including phenoxy) is 2. The molecule has 0 amide bonds. The average Bonchev–Trinajstić information content (AvgIpc) is 2.42. The third-order valence-corrected chi connectivity index (χ3v) is 3.24. The molecule has 1 aromatic rings. The molecule has 0 aliphatic heterocycles. The molecule has 0 radical (unpaired) electrons. The first-order valence-electron chi connectivity index (χ1n) is 6.84. The van der Waals surface area contributed by atoms with Crippen molar-refractivity contribution >= 4 is 11.6 Å². The summed E-state index contributed by atoms with van der Waals surface area (Å²) in [5.41, 5.74) is 1.04. The van der Waals surface area contributed by atoms with Gasteiger partial charge in [0.25, 0.3) is 0 Å². The maximum absolute atomic E-state index is 6.12. The van der Waals surface area contributed by atoms with Crippen LogP contribution in [0.1, 0.15) is 39.2 Å². The van der Waals surface area contributed by atoms with E-state index >= 15 is 0 Å². The monoisotopic (exact) mass is 285 g/mol. The fourth-order valence-corrected chi connectivity index (χ4v) is 1.93. The number of hydrogen-bond acceptors (Lipinski definition) is 3. The molecule has 0 saturated carbocycles. The van der Waals surface area contributed by atoms with Crippen molar-refractivity contribution in [3.8, 4) is 11.5 Å². The first-order chi connectivity index (χ1) is 9.12. The average molecular weight is 286 g/mol. The van der Waals surface area contributed by atoms with Crippen molar-refractivity contribution in [2.75, 3.05) is 13.7 Å². The van der Waals surface area contributed by atoms with Gasteiger partial charge >= 0.3 is 0 Å². The van der Waals surface area contributed by atoms with Gasteiger partial charge in [-0.2, -0.15) is 0 Å². The van der Waals surface area contributed by atoms with Crippen LogP contribution in [-0.4, -0.2) is 19.8 Å². The van der Waals surface area contributed by atoms with E-state index in [2.05, 4.69) is 26.1 Å². The van der Waals surface area contributed by atoms with Gasteiger partial charge in [0.1, 0.15) is 0 Å². The Morgan fingerprint density at radius 3 is 2.63 bits per heavy atom. The van der Waals surface area contributed by atoms with Crippen LogP contribution in [0.5, 0.6) is 11.5 Å². The Balaban J connectivity index is 2.94. The Kier molecular flexibility index (Phi) is 7.03. The number of halogens is 1. The van der Waals surface area contributed by atoms with Crippen LogP contribution in [0.4, 0.5) is 0 Å². The lowest BCUT2D eigenvalue weighted by molar-refractivity contribution is 0.290. The van der Waals surface area contributed by atoms with Crippen molar-refractivity contribution in [2.24, 2.45) is 0 Å². The van der Waals surface area contributed by atoms with E-state index in [0.717, 1.165) is 30.7 Å². The zero-order valence-corrected chi connectivity index (χ0v) is 13.0. The van der Waals surface area contributed by atoms with Crippen LogP contribution in [0.15, 0.2) is 12.1 Å². The van der Waals surface area contributed by atoms with Gasteiger partial charge in [0.2, 0.25) is 0 Å². The SMILES string of the molecule is CCCOc1c(CN[C@H](C)CC)cc(Cl)cc1OC. The largest absolute Gasteiger partial charge is 0.493 e. The molecule has 0 aliphatic carbocycles. The number of nitrogens with one attached hydrogen (secondary N) is 1. The molecule has 1 aromatic carbocycles. The number of hydrogen-bond donors (Lipinski definition) is 1. The van der Waals surface area contributed by atoms with Crippen molar-refractivity contribution in [2.45, 2.75) is 46.2 Å². The summed E-state index contributed by atoms with van der Waals surface area (Å²) in [4.78, 5) is 0. The van der Waals surface area contributed by atoms with Crippen LogP contribution in [0.2, 0.25) is 5.02 Å². The zero-order chi connectivity index (χ0) is 14.3. The van der Waals surface area contributed by atoms with Crippen LogP contribution < -0.4 is 14.8 Å². The molecule has 0 fully saturated rings. The molecule has 0 heterocycles. The Morgan fingerprint density at radius 1 is 1.32 bits per heavy atom. The Labute approximate surface area is 121 Å². The fourth-order valence-electron chi connectivity index (χ4n) is 1.70. The Morgan fingerprint density at radius 2 is 2.05 bits per heavy atom. The van der Waals surface area contributed by atoms with Crippen molar-refractivity contribution < 1.29 is 9.47 Å². The van der Waals surface area contributed by atoms with Gasteiger partial charge in [-0.25, -0.2) is 0 Å². The molecule has 3 nitrogen and oxygen atoms in total. The van der Waals surface area contributed by atoms with Crippen LogP contribution in [0, 0.1) is 0 Å². The molecule has 0 aliphatic rings. The lowest BCUT2D eigenvalue weighted by atomic mass is 10.1. The van der Waals surface area contributed by atoms with Gasteiger partial charge in [-0.15, -0.1) is 0 Å². The maximum Gasteiger partial charge on any atom is 0.165 e. The second kappa shape index (κ2) is 8.28. The fraction of sp³-hybridized carbons (Fsp3) is 0.600. The summed E-state index contributed by atoms with van der Waals surface area (Å²) in [6.07, 6.45) is 2.05. The third kappa shape index (κ3) is 4.92. The zero-order valence-electron chi connectivity index (χ0n) is 12.3. The lowest BCUT2D eigenvalue weighted by Crippen LogP contribution is -2.24. The quantitative estimate of drug-likeness (QED) is 0.782. The summed E-state index contributed by atoms with van der Waals surface area (Å²) in [6.45, 7) is 7.80. The van der Waals surface area contributed by atoms with E-state index in [4.69, 9.17) is 21.1 Å². The standard InChI is InChI=1S/C15H24ClNO2/c1-5-7-19-15-12(10-17-11(3)6-2)8-13(16)9-14(15)18-4/h8-9,11,17H,5-7,10H2,1-4H3/t11-/m1/s1. The van der Waals surface area contributed by atoms with Gasteiger partial charge in [0.05, 0.1) is 13.7 Å². The summed E-state index contributed by atoms with van der Waals surface area (Å²) >= 11 is 6.12. The second-order valence-corrected chi connectivity index (χ2v) is 5.07. The van der Waals surface area contributed by atoms with E-state index in [-0.39, 0.29) is 0 Å². The summed E-state index contributed by atoms with van der Waals surface area (Å²) in [5.74, 6) is 1.49.